The number of rotatable bonds is 8. The Morgan fingerprint density at radius 3 is 2.82 bits per heavy atom. The largest absolute Gasteiger partial charge is 0.466 e. The second-order valence-corrected chi connectivity index (χ2v) is 11.0. The molecular formula is C24H32F2N4O3S. The average Bonchev–Trinajstić information content (AvgIpc) is 3.36. The number of thiazole rings is 1. The lowest BCUT2D eigenvalue weighted by Crippen LogP contribution is -2.43. The van der Waals surface area contributed by atoms with Gasteiger partial charge in [-0.1, -0.05) is 11.3 Å². The number of ether oxygens (including phenoxy) is 1. The van der Waals surface area contributed by atoms with E-state index in [1.54, 1.807) is 13.1 Å². The molecule has 2 fully saturated rings. The lowest BCUT2D eigenvalue weighted by molar-refractivity contribution is -0.134. The predicted molar refractivity (Wildman–Crippen MR) is 123 cm³/mol. The molecule has 0 bridgehead atoms. The summed E-state index contributed by atoms with van der Waals surface area (Å²) in [5.74, 6) is -0.697. The molecular weight excluding hydrogens is 462 g/mol. The summed E-state index contributed by atoms with van der Waals surface area (Å²) < 4.78 is 37.1. The minimum Gasteiger partial charge on any atom is -0.466 e. The highest BCUT2D eigenvalue weighted by Crippen LogP contribution is 2.41. The Balaban J connectivity index is 1.00. The maximum absolute atomic E-state index is 13.0. The summed E-state index contributed by atoms with van der Waals surface area (Å²) in [6.07, 6.45) is 7.46. The summed E-state index contributed by atoms with van der Waals surface area (Å²) in [6, 6.07) is 0.245. The highest BCUT2D eigenvalue weighted by Gasteiger charge is 2.47. The van der Waals surface area contributed by atoms with Gasteiger partial charge in [0.15, 0.2) is 5.89 Å². The zero-order chi connectivity index (χ0) is 23.7. The van der Waals surface area contributed by atoms with Gasteiger partial charge in [0.25, 0.3) is 11.1 Å². The van der Waals surface area contributed by atoms with Gasteiger partial charge < -0.3 is 14.5 Å². The van der Waals surface area contributed by atoms with Crippen LogP contribution < -0.4 is 10.1 Å². The molecule has 3 heterocycles. The van der Waals surface area contributed by atoms with Crippen molar-refractivity contribution in [2.75, 3.05) is 13.1 Å². The lowest BCUT2D eigenvalue weighted by atomic mass is 9.84. The van der Waals surface area contributed by atoms with Gasteiger partial charge in [-0.3, -0.25) is 9.69 Å². The van der Waals surface area contributed by atoms with E-state index in [9.17, 15) is 13.6 Å². The van der Waals surface area contributed by atoms with Gasteiger partial charge in [0.05, 0.1) is 18.3 Å². The Morgan fingerprint density at radius 1 is 1.32 bits per heavy atom. The third kappa shape index (κ3) is 5.94. The molecule has 186 valence electrons. The van der Waals surface area contributed by atoms with Crippen LogP contribution in [0.1, 0.15) is 67.2 Å². The molecule has 1 aliphatic heterocycles. The number of alkyl halides is 2. The Morgan fingerprint density at radius 2 is 2.12 bits per heavy atom. The fourth-order valence-electron chi connectivity index (χ4n) is 5.19. The van der Waals surface area contributed by atoms with Crippen LogP contribution in [0, 0.1) is 12.8 Å². The van der Waals surface area contributed by atoms with Crippen LogP contribution in [-0.2, 0) is 24.2 Å². The van der Waals surface area contributed by atoms with Crippen molar-refractivity contribution in [3.8, 4) is 5.19 Å². The van der Waals surface area contributed by atoms with Crippen LogP contribution in [0.3, 0.4) is 0 Å². The SMILES string of the molecule is Cc1ncc(CC(=O)N[C@H]2CC[C@H](CCN3CCc4sc(OC5CC(F)(F)C5)nc4C3)CC2)o1. The second-order valence-electron chi connectivity index (χ2n) is 9.98. The first kappa shape index (κ1) is 23.7. The quantitative estimate of drug-likeness (QED) is 0.590. The van der Waals surface area contributed by atoms with E-state index >= 15 is 0 Å². The van der Waals surface area contributed by atoms with Gasteiger partial charge in [0.1, 0.15) is 11.9 Å². The van der Waals surface area contributed by atoms with E-state index in [4.69, 9.17) is 9.15 Å². The second kappa shape index (κ2) is 9.89. The molecule has 3 aliphatic rings. The van der Waals surface area contributed by atoms with Crippen LogP contribution in [0.25, 0.3) is 0 Å². The Labute approximate surface area is 202 Å². The number of nitrogens with one attached hydrogen (secondary N) is 1. The van der Waals surface area contributed by atoms with Crippen LogP contribution in [0.2, 0.25) is 0 Å². The summed E-state index contributed by atoms with van der Waals surface area (Å²) in [4.78, 5) is 24.6. The summed E-state index contributed by atoms with van der Waals surface area (Å²) in [6.45, 7) is 4.62. The van der Waals surface area contributed by atoms with Gasteiger partial charge in [-0.05, 0) is 51.0 Å². The molecule has 0 atom stereocenters. The minimum absolute atomic E-state index is 0.00125. The minimum atomic E-state index is -2.57. The number of amides is 1. The van der Waals surface area contributed by atoms with E-state index in [1.807, 2.05) is 0 Å². The molecule has 0 saturated heterocycles. The molecule has 0 unspecified atom stereocenters. The van der Waals surface area contributed by atoms with Gasteiger partial charge in [-0.25, -0.2) is 18.7 Å². The molecule has 2 aliphatic carbocycles. The number of nitrogens with zero attached hydrogens (tertiary/aromatic N) is 3. The molecule has 1 N–H and O–H groups in total. The number of fused-ring (bicyclic) bond motifs is 1. The standard InChI is InChI=1S/C24H32F2N4O3S/c1-15-27-13-18(32-15)10-22(31)28-17-4-2-16(3-5-17)6-8-30-9-7-21-20(14-30)29-23(34-21)33-19-11-24(25,26)12-19/h13,16-17,19H,2-12,14H2,1H3,(H,28,31)/t16-,17-. The molecule has 2 saturated carbocycles. The highest BCUT2D eigenvalue weighted by atomic mass is 32.1. The monoisotopic (exact) mass is 494 g/mol. The van der Waals surface area contributed by atoms with E-state index in [0.29, 0.717) is 22.8 Å². The Bertz CT molecular complexity index is 994. The van der Waals surface area contributed by atoms with E-state index in [2.05, 4.69) is 20.2 Å². The zero-order valence-electron chi connectivity index (χ0n) is 19.5. The van der Waals surface area contributed by atoms with Gasteiger partial charge >= 0.3 is 0 Å². The van der Waals surface area contributed by atoms with Gasteiger partial charge in [0.2, 0.25) is 5.91 Å². The molecule has 7 nitrogen and oxygen atoms in total. The van der Waals surface area contributed by atoms with Crippen LogP contribution in [-0.4, -0.2) is 51.9 Å². The third-order valence-corrected chi connectivity index (χ3v) is 8.22. The number of oxazole rings is 1. The fourth-order valence-corrected chi connectivity index (χ4v) is 6.16. The molecule has 1 amide bonds. The van der Waals surface area contributed by atoms with Crippen molar-refractivity contribution in [3.05, 3.63) is 28.4 Å². The number of hydrogen-bond donors (Lipinski definition) is 1. The fraction of sp³-hybridized carbons (Fsp3) is 0.708. The third-order valence-electron chi connectivity index (χ3n) is 7.18. The molecule has 0 spiro atoms. The lowest BCUT2D eigenvalue weighted by Gasteiger charge is -2.33. The number of aromatic nitrogens is 2. The van der Waals surface area contributed by atoms with Crippen molar-refractivity contribution in [1.82, 2.24) is 20.2 Å². The Hall–Kier alpha value is -2.07. The van der Waals surface area contributed by atoms with Crippen LogP contribution in [0.4, 0.5) is 8.78 Å². The summed E-state index contributed by atoms with van der Waals surface area (Å²) in [5, 5.41) is 3.69. The van der Waals surface area contributed by atoms with E-state index in [0.717, 1.165) is 63.9 Å². The van der Waals surface area contributed by atoms with Crippen LogP contribution in [0.5, 0.6) is 5.19 Å². The van der Waals surface area contributed by atoms with Crippen molar-refractivity contribution in [1.29, 1.82) is 0 Å². The highest BCUT2D eigenvalue weighted by molar-refractivity contribution is 7.13. The number of aryl methyl sites for hydroxylation is 1. The van der Waals surface area contributed by atoms with Gasteiger partial charge in [-0.2, -0.15) is 0 Å². The number of carbonyl (C=O) groups is 1. The molecule has 2 aromatic heterocycles. The summed E-state index contributed by atoms with van der Waals surface area (Å²) >= 11 is 1.52. The van der Waals surface area contributed by atoms with E-state index in [1.165, 1.54) is 16.2 Å². The number of halogens is 2. The van der Waals surface area contributed by atoms with Crippen molar-refractivity contribution in [2.24, 2.45) is 5.92 Å². The normalized spacial score (nSPS) is 24.9. The smallest absolute Gasteiger partial charge is 0.273 e. The van der Waals surface area contributed by atoms with Gasteiger partial charge in [0, 0.05) is 43.8 Å². The summed E-state index contributed by atoms with van der Waals surface area (Å²) in [5.41, 5.74) is 1.05. The van der Waals surface area contributed by atoms with E-state index in [-0.39, 0.29) is 31.2 Å². The maximum Gasteiger partial charge on any atom is 0.273 e. The van der Waals surface area contributed by atoms with Crippen molar-refractivity contribution in [2.45, 2.75) is 89.3 Å². The maximum atomic E-state index is 13.0. The van der Waals surface area contributed by atoms with Crippen LogP contribution in [0.15, 0.2) is 10.6 Å². The molecule has 0 aromatic carbocycles. The molecule has 34 heavy (non-hydrogen) atoms. The molecule has 2 aromatic rings. The Kier molecular flexibility index (Phi) is 6.88. The molecule has 10 heteroatoms. The first-order valence-electron chi connectivity index (χ1n) is 12.3. The topological polar surface area (TPSA) is 80.5 Å². The number of carbonyl (C=O) groups excluding carboxylic acids is 1. The van der Waals surface area contributed by atoms with Crippen molar-refractivity contribution < 1.29 is 22.7 Å². The summed E-state index contributed by atoms with van der Waals surface area (Å²) in [7, 11) is 0. The van der Waals surface area contributed by atoms with Crippen molar-refractivity contribution >= 4 is 17.2 Å². The first-order chi connectivity index (χ1) is 16.3. The molecule has 5 rings (SSSR count). The number of hydrogen-bond acceptors (Lipinski definition) is 7. The average molecular weight is 495 g/mol. The zero-order valence-corrected chi connectivity index (χ0v) is 20.3. The molecule has 0 radical (unpaired) electrons. The van der Waals surface area contributed by atoms with Crippen molar-refractivity contribution in [3.63, 3.8) is 0 Å². The van der Waals surface area contributed by atoms with Crippen LogP contribution >= 0.6 is 11.3 Å². The van der Waals surface area contributed by atoms with Gasteiger partial charge in [-0.15, -0.1) is 0 Å². The van der Waals surface area contributed by atoms with E-state index < -0.39 is 12.0 Å². The first-order valence-corrected chi connectivity index (χ1v) is 13.1. The predicted octanol–water partition coefficient (Wildman–Crippen LogP) is 4.28.